The van der Waals surface area contributed by atoms with Crippen LogP contribution in [0.2, 0.25) is 0 Å². The van der Waals surface area contributed by atoms with Gasteiger partial charge in [0.05, 0.1) is 0 Å². The van der Waals surface area contributed by atoms with E-state index in [9.17, 15) is 5.11 Å². The number of anilines is 2. The number of phenolic OH excluding ortho intramolecular Hbond substituents is 1. The quantitative estimate of drug-likeness (QED) is 0.578. The molecule has 1 heterocycles. The molecule has 0 bridgehead atoms. The van der Waals surface area contributed by atoms with Crippen molar-refractivity contribution in [2.24, 2.45) is 0 Å². The van der Waals surface area contributed by atoms with Gasteiger partial charge in [-0.25, -0.2) is 9.97 Å². The Morgan fingerprint density at radius 2 is 1.54 bits per heavy atom. The summed E-state index contributed by atoms with van der Waals surface area (Å²) < 4.78 is 5.80. The van der Waals surface area contributed by atoms with Gasteiger partial charge in [-0.1, -0.05) is 26.0 Å². The molecule has 0 spiro atoms. The SMILES string of the molecule is CCN(CC)CCOc1ccc(Nc2ncc(-c3ccc(O)cc3)cn2)cc1. The summed E-state index contributed by atoms with van der Waals surface area (Å²) in [6.07, 6.45) is 3.51. The lowest BCUT2D eigenvalue weighted by Gasteiger charge is -2.18. The van der Waals surface area contributed by atoms with Gasteiger partial charge in [0.25, 0.3) is 0 Å². The first kappa shape index (κ1) is 19.6. The minimum Gasteiger partial charge on any atom is -0.508 e. The fraction of sp³-hybridized carbons (Fsp3) is 0.273. The van der Waals surface area contributed by atoms with Gasteiger partial charge in [-0.2, -0.15) is 0 Å². The van der Waals surface area contributed by atoms with Crippen molar-refractivity contribution < 1.29 is 9.84 Å². The van der Waals surface area contributed by atoms with Crippen molar-refractivity contribution >= 4 is 11.6 Å². The number of phenols is 1. The molecule has 3 rings (SSSR count). The smallest absolute Gasteiger partial charge is 0.227 e. The lowest BCUT2D eigenvalue weighted by Crippen LogP contribution is -2.27. The lowest BCUT2D eigenvalue weighted by molar-refractivity contribution is 0.223. The maximum absolute atomic E-state index is 9.37. The Morgan fingerprint density at radius 3 is 2.14 bits per heavy atom. The Balaban J connectivity index is 1.54. The van der Waals surface area contributed by atoms with Gasteiger partial charge in [-0.05, 0) is 55.1 Å². The van der Waals surface area contributed by atoms with Crippen LogP contribution in [0.1, 0.15) is 13.8 Å². The number of benzene rings is 2. The van der Waals surface area contributed by atoms with Gasteiger partial charge in [0.15, 0.2) is 0 Å². The molecule has 6 heteroatoms. The fourth-order valence-electron chi connectivity index (χ4n) is 2.79. The number of ether oxygens (including phenoxy) is 1. The van der Waals surface area contributed by atoms with Crippen LogP contribution in [0, 0.1) is 0 Å². The van der Waals surface area contributed by atoms with Gasteiger partial charge in [-0.15, -0.1) is 0 Å². The zero-order valence-electron chi connectivity index (χ0n) is 16.3. The molecule has 0 aliphatic carbocycles. The van der Waals surface area contributed by atoms with Crippen LogP contribution in [0.5, 0.6) is 11.5 Å². The summed E-state index contributed by atoms with van der Waals surface area (Å²) in [5.74, 6) is 1.61. The van der Waals surface area contributed by atoms with Crippen LogP contribution < -0.4 is 10.1 Å². The molecule has 2 N–H and O–H groups in total. The van der Waals surface area contributed by atoms with Gasteiger partial charge in [0.1, 0.15) is 18.1 Å². The number of aromatic nitrogens is 2. The largest absolute Gasteiger partial charge is 0.508 e. The van der Waals surface area contributed by atoms with Gasteiger partial charge in [0, 0.05) is 30.2 Å². The highest BCUT2D eigenvalue weighted by atomic mass is 16.5. The van der Waals surface area contributed by atoms with Crippen LogP contribution in [0.4, 0.5) is 11.6 Å². The molecule has 0 radical (unpaired) electrons. The van der Waals surface area contributed by atoms with Crippen molar-refractivity contribution in [2.75, 3.05) is 31.6 Å². The third kappa shape index (κ3) is 5.44. The molecule has 0 unspecified atom stereocenters. The summed E-state index contributed by atoms with van der Waals surface area (Å²) in [4.78, 5) is 11.1. The molecule has 0 aliphatic heterocycles. The van der Waals surface area contributed by atoms with Crippen molar-refractivity contribution in [1.82, 2.24) is 14.9 Å². The number of hydrogen-bond acceptors (Lipinski definition) is 6. The summed E-state index contributed by atoms with van der Waals surface area (Å²) in [6, 6.07) is 14.7. The summed E-state index contributed by atoms with van der Waals surface area (Å²) in [7, 11) is 0. The molecule has 0 saturated heterocycles. The average Bonchev–Trinajstić information content (AvgIpc) is 2.74. The second-order valence-corrected chi connectivity index (χ2v) is 6.37. The van der Waals surface area contributed by atoms with E-state index in [1.165, 1.54) is 0 Å². The molecule has 6 nitrogen and oxygen atoms in total. The average molecular weight is 378 g/mol. The highest BCUT2D eigenvalue weighted by Gasteiger charge is 2.03. The molecule has 3 aromatic rings. The van der Waals surface area contributed by atoms with E-state index in [4.69, 9.17) is 4.74 Å². The standard InChI is InChI=1S/C22H26N4O2/c1-3-26(4-2)13-14-28-21-11-7-19(8-12-21)25-22-23-15-18(16-24-22)17-5-9-20(27)10-6-17/h5-12,15-16,27H,3-4,13-14H2,1-2H3,(H,23,24,25). The van der Waals surface area contributed by atoms with E-state index in [0.717, 1.165) is 42.2 Å². The van der Waals surface area contributed by atoms with Crippen molar-refractivity contribution in [3.8, 4) is 22.6 Å². The number of nitrogens with zero attached hydrogens (tertiary/aromatic N) is 3. The Bertz CT molecular complexity index is 845. The summed E-state index contributed by atoms with van der Waals surface area (Å²) >= 11 is 0. The lowest BCUT2D eigenvalue weighted by atomic mass is 10.1. The van der Waals surface area contributed by atoms with Crippen LogP contribution in [0.3, 0.4) is 0 Å². The second kappa shape index (κ2) is 9.71. The first-order chi connectivity index (χ1) is 13.7. The first-order valence-corrected chi connectivity index (χ1v) is 9.51. The second-order valence-electron chi connectivity index (χ2n) is 6.37. The number of aromatic hydroxyl groups is 1. The summed E-state index contributed by atoms with van der Waals surface area (Å²) in [6.45, 7) is 7.99. The van der Waals surface area contributed by atoms with Gasteiger partial charge >= 0.3 is 0 Å². The molecule has 0 amide bonds. The van der Waals surface area contributed by atoms with E-state index >= 15 is 0 Å². The van der Waals surface area contributed by atoms with Gasteiger partial charge < -0.3 is 20.1 Å². The Hall–Kier alpha value is -3.12. The van der Waals surface area contributed by atoms with Crippen molar-refractivity contribution in [3.63, 3.8) is 0 Å². The van der Waals surface area contributed by atoms with Gasteiger partial charge in [0.2, 0.25) is 5.95 Å². The van der Waals surface area contributed by atoms with E-state index in [-0.39, 0.29) is 5.75 Å². The molecule has 0 fully saturated rings. The number of hydrogen-bond donors (Lipinski definition) is 2. The molecule has 28 heavy (non-hydrogen) atoms. The monoisotopic (exact) mass is 378 g/mol. The van der Waals surface area contributed by atoms with E-state index in [1.54, 1.807) is 24.5 Å². The number of nitrogens with one attached hydrogen (secondary N) is 1. The van der Waals surface area contributed by atoms with E-state index in [2.05, 4.69) is 34.0 Å². The molecule has 0 aliphatic rings. The highest BCUT2D eigenvalue weighted by molar-refractivity contribution is 5.63. The minimum atomic E-state index is 0.239. The fourth-order valence-corrected chi connectivity index (χ4v) is 2.79. The third-order valence-electron chi connectivity index (χ3n) is 4.53. The topological polar surface area (TPSA) is 70.5 Å². The number of rotatable bonds is 9. The maximum Gasteiger partial charge on any atom is 0.227 e. The molecule has 1 aromatic heterocycles. The Kier molecular flexibility index (Phi) is 6.81. The molecule has 2 aromatic carbocycles. The van der Waals surface area contributed by atoms with Gasteiger partial charge in [-0.3, -0.25) is 0 Å². The molecular formula is C22H26N4O2. The third-order valence-corrected chi connectivity index (χ3v) is 4.53. The molecule has 0 atom stereocenters. The minimum absolute atomic E-state index is 0.239. The Morgan fingerprint density at radius 1 is 0.893 bits per heavy atom. The predicted octanol–water partition coefficient (Wildman–Crippen LogP) is 4.31. The van der Waals surface area contributed by atoms with Crippen molar-refractivity contribution in [3.05, 3.63) is 60.9 Å². The molecular weight excluding hydrogens is 352 g/mol. The van der Waals surface area contributed by atoms with E-state index < -0.39 is 0 Å². The summed E-state index contributed by atoms with van der Waals surface area (Å²) in [5.41, 5.74) is 2.74. The zero-order chi connectivity index (χ0) is 19.8. The van der Waals surface area contributed by atoms with Crippen LogP contribution in [0.15, 0.2) is 60.9 Å². The highest BCUT2D eigenvalue weighted by Crippen LogP contribution is 2.22. The molecule has 0 saturated carbocycles. The predicted molar refractivity (Wildman–Crippen MR) is 112 cm³/mol. The van der Waals surface area contributed by atoms with Crippen LogP contribution in [-0.2, 0) is 0 Å². The van der Waals surface area contributed by atoms with Crippen molar-refractivity contribution in [2.45, 2.75) is 13.8 Å². The van der Waals surface area contributed by atoms with E-state index in [1.807, 2.05) is 36.4 Å². The van der Waals surface area contributed by atoms with Crippen LogP contribution in [0.25, 0.3) is 11.1 Å². The maximum atomic E-state index is 9.37. The van der Waals surface area contributed by atoms with E-state index in [0.29, 0.717) is 12.6 Å². The van der Waals surface area contributed by atoms with Crippen LogP contribution >= 0.6 is 0 Å². The number of likely N-dealkylation sites (N-methyl/N-ethyl adjacent to an activating group) is 1. The van der Waals surface area contributed by atoms with Crippen molar-refractivity contribution in [1.29, 1.82) is 0 Å². The first-order valence-electron chi connectivity index (χ1n) is 9.51. The zero-order valence-corrected chi connectivity index (χ0v) is 16.3. The Labute approximate surface area is 165 Å². The molecule has 146 valence electrons. The normalized spacial score (nSPS) is 10.8. The van der Waals surface area contributed by atoms with Crippen LogP contribution in [-0.4, -0.2) is 46.2 Å². The summed E-state index contributed by atoms with van der Waals surface area (Å²) in [5, 5.41) is 12.6.